The molecule has 0 amide bonds. The summed E-state index contributed by atoms with van der Waals surface area (Å²) in [5.74, 6) is 0.260. The smallest absolute Gasteiger partial charge is 0.0847 e. The van der Waals surface area contributed by atoms with E-state index in [0.29, 0.717) is 0 Å². The summed E-state index contributed by atoms with van der Waals surface area (Å²) in [7, 11) is 1.75. The standard InChI is InChI=1S/C14H20Cl2O/c1-12(15)7-5-4-6-11(12)10-13(2,17-3)14(16)8-9-14/h4-7,11H,8-10H2,1-3H3/t11?,12-,13?/m1/s1. The molecule has 1 saturated carbocycles. The topological polar surface area (TPSA) is 9.23 Å². The maximum atomic E-state index is 6.55. The van der Waals surface area contributed by atoms with Gasteiger partial charge in [0.1, 0.15) is 0 Å². The maximum Gasteiger partial charge on any atom is 0.0847 e. The first-order valence-corrected chi connectivity index (χ1v) is 6.88. The molecule has 96 valence electrons. The molecule has 2 unspecified atom stereocenters. The zero-order valence-corrected chi connectivity index (χ0v) is 12.2. The fourth-order valence-corrected chi connectivity index (χ4v) is 3.00. The average molecular weight is 275 g/mol. The minimum Gasteiger partial charge on any atom is -0.377 e. The van der Waals surface area contributed by atoms with Gasteiger partial charge in [-0.2, -0.15) is 0 Å². The van der Waals surface area contributed by atoms with E-state index in [-0.39, 0.29) is 21.3 Å². The van der Waals surface area contributed by atoms with Crippen LogP contribution in [0.3, 0.4) is 0 Å². The van der Waals surface area contributed by atoms with Crippen LogP contribution in [0.2, 0.25) is 0 Å². The number of halogens is 2. The molecule has 0 spiro atoms. The summed E-state index contributed by atoms with van der Waals surface area (Å²) in [6.45, 7) is 4.15. The van der Waals surface area contributed by atoms with Gasteiger partial charge in [0, 0.05) is 13.0 Å². The van der Waals surface area contributed by atoms with Gasteiger partial charge in [0.15, 0.2) is 0 Å². The molecule has 2 rings (SSSR count). The van der Waals surface area contributed by atoms with Crippen LogP contribution >= 0.6 is 23.2 Å². The van der Waals surface area contributed by atoms with E-state index in [9.17, 15) is 0 Å². The molecule has 0 aliphatic heterocycles. The van der Waals surface area contributed by atoms with E-state index in [1.54, 1.807) is 7.11 Å². The second-order valence-corrected chi connectivity index (χ2v) is 7.14. The molecule has 0 aromatic heterocycles. The summed E-state index contributed by atoms with van der Waals surface area (Å²) >= 11 is 13.1. The van der Waals surface area contributed by atoms with E-state index in [4.69, 9.17) is 27.9 Å². The van der Waals surface area contributed by atoms with Crippen molar-refractivity contribution in [3.8, 4) is 0 Å². The Morgan fingerprint density at radius 3 is 2.47 bits per heavy atom. The lowest BCUT2D eigenvalue weighted by Gasteiger charge is -2.40. The summed E-state index contributed by atoms with van der Waals surface area (Å²) in [6, 6.07) is 0. The third-order valence-electron chi connectivity index (χ3n) is 4.30. The second kappa shape index (κ2) is 4.29. The number of rotatable bonds is 4. The molecule has 2 aliphatic rings. The molecule has 17 heavy (non-hydrogen) atoms. The molecule has 1 nitrogen and oxygen atoms in total. The van der Waals surface area contributed by atoms with Gasteiger partial charge in [-0.1, -0.05) is 24.3 Å². The Hall–Kier alpha value is 0.0200. The van der Waals surface area contributed by atoms with Crippen molar-refractivity contribution in [2.24, 2.45) is 5.92 Å². The predicted molar refractivity (Wildman–Crippen MR) is 73.9 cm³/mol. The second-order valence-electron chi connectivity index (χ2n) is 5.61. The zero-order valence-electron chi connectivity index (χ0n) is 10.7. The quantitative estimate of drug-likeness (QED) is 0.695. The van der Waals surface area contributed by atoms with Gasteiger partial charge in [-0.3, -0.25) is 0 Å². The third kappa shape index (κ3) is 2.43. The highest BCUT2D eigenvalue weighted by Crippen LogP contribution is 2.55. The molecule has 1 fully saturated rings. The summed E-state index contributed by atoms with van der Waals surface area (Å²) in [6.07, 6.45) is 11.2. The van der Waals surface area contributed by atoms with E-state index >= 15 is 0 Å². The molecule has 0 aromatic rings. The van der Waals surface area contributed by atoms with Crippen molar-refractivity contribution in [1.82, 2.24) is 0 Å². The molecule has 0 bridgehead atoms. The van der Waals surface area contributed by atoms with Crippen molar-refractivity contribution < 1.29 is 4.74 Å². The van der Waals surface area contributed by atoms with E-state index in [1.807, 2.05) is 19.1 Å². The number of allylic oxidation sites excluding steroid dienone is 4. The number of alkyl halides is 2. The SMILES string of the molecule is COC(C)(CC1C=CC=C[C@@]1(C)Cl)C1(Cl)CC1. The Balaban J connectivity index is 2.14. The minimum absolute atomic E-state index is 0.191. The Labute approximate surface area is 114 Å². The van der Waals surface area contributed by atoms with Crippen LogP contribution in [0.4, 0.5) is 0 Å². The Bertz CT molecular complexity index is 355. The first-order valence-electron chi connectivity index (χ1n) is 6.12. The van der Waals surface area contributed by atoms with Crippen LogP contribution in [-0.4, -0.2) is 22.5 Å². The highest BCUT2D eigenvalue weighted by molar-refractivity contribution is 6.27. The van der Waals surface area contributed by atoms with Gasteiger partial charge < -0.3 is 4.74 Å². The van der Waals surface area contributed by atoms with Crippen molar-refractivity contribution in [3.63, 3.8) is 0 Å². The van der Waals surface area contributed by atoms with Crippen LogP contribution in [0.5, 0.6) is 0 Å². The van der Waals surface area contributed by atoms with Crippen molar-refractivity contribution in [3.05, 3.63) is 24.3 Å². The molecular formula is C14H20Cl2O. The number of hydrogen-bond acceptors (Lipinski definition) is 1. The highest BCUT2D eigenvalue weighted by Gasteiger charge is 2.57. The van der Waals surface area contributed by atoms with E-state index in [1.165, 1.54) is 0 Å². The average Bonchev–Trinajstić information content (AvgIpc) is 3.01. The lowest BCUT2D eigenvalue weighted by atomic mass is 9.79. The van der Waals surface area contributed by atoms with Crippen molar-refractivity contribution in [2.45, 2.75) is 48.5 Å². The lowest BCUT2D eigenvalue weighted by Crippen LogP contribution is -2.44. The third-order valence-corrected chi connectivity index (χ3v) is 5.48. The molecule has 0 heterocycles. The monoisotopic (exact) mass is 274 g/mol. The van der Waals surface area contributed by atoms with Crippen molar-refractivity contribution in [2.75, 3.05) is 7.11 Å². The van der Waals surface area contributed by atoms with Gasteiger partial charge in [0.05, 0.1) is 15.3 Å². The van der Waals surface area contributed by atoms with E-state index < -0.39 is 0 Å². The number of hydrogen-bond donors (Lipinski definition) is 0. The molecule has 0 radical (unpaired) electrons. The highest BCUT2D eigenvalue weighted by atomic mass is 35.5. The maximum absolute atomic E-state index is 6.55. The fourth-order valence-electron chi connectivity index (χ4n) is 2.53. The zero-order chi connectivity index (χ0) is 12.7. The van der Waals surface area contributed by atoms with Crippen molar-refractivity contribution >= 4 is 23.2 Å². The molecule has 2 aliphatic carbocycles. The number of ether oxygens (including phenoxy) is 1. The summed E-state index contributed by atoms with van der Waals surface area (Å²) in [4.78, 5) is -0.527. The Kier molecular flexibility index (Phi) is 3.40. The largest absolute Gasteiger partial charge is 0.377 e. The first-order chi connectivity index (χ1) is 7.83. The van der Waals surface area contributed by atoms with Crippen LogP contribution < -0.4 is 0 Å². The molecule has 0 aromatic carbocycles. The molecule has 3 atom stereocenters. The summed E-state index contributed by atoms with van der Waals surface area (Å²) < 4.78 is 5.71. The van der Waals surface area contributed by atoms with Crippen LogP contribution in [0, 0.1) is 5.92 Å². The Morgan fingerprint density at radius 2 is 2.00 bits per heavy atom. The van der Waals surface area contributed by atoms with Crippen LogP contribution in [0.15, 0.2) is 24.3 Å². The summed E-state index contributed by atoms with van der Waals surface area (Å²) in [5, 5.41) is 0. The molecular weight excluding hydrogens is 255 g/mol. The van der Waals surface area contributed by atoms with Gasteiger partial charge in [-0.05, 0) is 33.1 Å². The van der Waals surface area contributed by atoms with Crippen LogP contribution in [-0.2, 0) is 4.74 Å². The van der Waals surface area contributed by atoms with E-state index in [2.05, 4.69) is 19.1 Å². The van der Waals surface area contributed by atoms with Gasteiger partial charge in [0.2, 0.25) is 0 Å². The fraction of sp³-hybridized carbons (Fsp3) is 0.714. The predicted octanol–water partition coefficient (Wildman–Crippen LogP) is 4.29. The van der Waals surface area contributed by atoms with Crippen LogP contribution in [0.25, 0.3) is 0 Å². The van der Waals surface area contributed by atoms with Gasteiger partial charge in [0.25, 0.3) is 0 Å². The van der Waals surface area contributed by atoms with E-state index in [0.717, 1.165) is 19.3 Å². The molecule has 3 heteroatoms. The van der Waals surface area contributed by atoms with Crippen molar-refractivity contribution in [1.29, 1.82) is 0 Å². The summed E-state index contributed by atoms with van der Waals surface area (Å²) in [5.41, 5.74) is -0.301. The molecule has 0 saturated heterocycles. The Morgan fingerprint density at radius 1 is 1.35 bits per heavy atom. The lowest BCUT2D eigenvalue weighted by molar-refractivity contribution is -0.0214. The number of methoxy groups -OCH3 is 1. The van der Waals surface area contributed by atoms with Crippen LogP contribution in [0.1, 0.15) is 33.1 Å². The van der Waals surface area contributed by atoms with Gasteiger partial charge in [-0.25, -0.2) is 0 Å². The minimum atomic E-state index is -0.337. The van der Waals surface area contributed by atoms with Gasteiger partial charge in [-0.15, -0.1) is 23.2 Å². The van der Waals surface area contributed by atoms with Gasteiger partial charge >= 0.3 is 0 Å². The normalized spacial score (nSPS) is 37.8. The first kappa shape index (κ1) is 13.5. The molecule has 0 N–H and O–H groups in total.